The summed E-state index contributed by atoms with van der Waals surface area (Å²) < 4.78 is 11.6. The number of piperidine rings is 1. The van der Waals surface area contributed by atoms with Gasteiger partial charge in [0.05, 0.1) is 17.2 Å². The van der Waals surface area contributed by atoms with Crippen molar-refractivity contribution in [3.8, 4) is 11.5 Å². The van der Waals surface area contributed by atoms with Crippen LogP contribution in [0.1, 0.15) is 53.0 Å². The van der Waals surface area contributed by atoms with Crippen molar-refractivity contribution in [2.45, 2.75) is 45.4 Å². The maximum Gasteiger partial charge on any atom is 0.266 e. The van der Waals surface area contributed by atoms with Crippen LogP contribution in [0.25, 0.3) is 0 Å². The molecule has 2 aliphatic rings. The summed E-state index contributed by atoms with van der Waals surface area (Å²) in [4.78, 5) is 50.5. The number of carbonyl (C=O) groups is 4. The van der Waals surface area contributed by atoms with E-state index in [-0.39, 0.29) is 42.4 Å². The van der Waals surface area contributed by atoms with Crippen molar-refractivity contribution in [3.05, 3.63) is 59.2 Å². The minimum Gasteiger partial charge on any atom is -0.491 e. The first-order chi connectivity index (χ1) is 14.8. The zero-order chi connectivity index (χ0) is 22.1. The summed E-state index contributed by atoms with van der Waals surface area (Å²) in [5.41, 5.74) is 1.16. The Morgan fingerprint density at radius 3 is 2.58 bits per heavy atom. The van der Waals surface area contributed by atoms with Gasteiger partial charge in [0, 0.05) is 6.42 Å². The molecule has 0 bridgehead atoms. The van der Waals surface area contributed by atoms with E-state index in [1.54, 1.807) is 12.1 Å². The molecule has 8 heteroatoms. The van der Waals surface area contributed by atoms with E-state index < -0.39 is 29.7 Å². The number of amides is 4. The van der Waals surface area contributed by atoms with Gasteiger partial charge < -0.3 is 9.47 Å². The SMILES string of the molecule is CC(C)Oc1cccc(COc2cccc3c2C(=O)N(C2CCC(=O)NC2=O)C3=O)c1. The minimum absolute atomic E-state index is 0.0375. The summed E-state index contributed by atoms with van der Waals surface area (Å²) in [6.07, 6.45) is 0.215. The van der Waals surface area contributed by atoms with Gasteiger partial charge in [0.1, 0.15) is 24.1 Å². The number of hydrogen-bond donors (Lipinski definition) is 1. The van der Waals surface area contributed by atoms with Gasteiger partial charge in [-0.05, 0) is 50.1 Å². The summed E-state index contributed by atoms with van der Waals surface area (Å²) in [6.45, 7) is 4.05. The highest BCUT2D eigenvalue weighted by molar-refractivity contribution is 6.24. The molecule has 0 saturated carbocycles. The third-order valence-electron chi connectivity index (χ3n) is 5.09. The number of hydrogen-bond acceptors (Lipinski definition) is 6. The number of benzene rings is 2. The highest BCUT2D eigenvalue weighted by Gasteiger charge is 2.45. The maximum atomic E-state index is 13.1. The maximum absolute atomic E-state index is 13.1. The lowest BCUT2D eigenvalue weighted by molar-refractivity contribution is -0.136. The number of fused-ring (bicyclic) bond motifs is 1. The van der Waals surface area contributed by atoms with Gasteiger partial charge in [-0.25, -0.2) is 0 Å². The van der Waals surface area contributed by atoms with Crippen LogP contribution >= 0.6 is 0 Å². The molecule has 8 nitrogen and oxygen atoms in total. The number of rotatable bonds is 6. The number of carbonyl (C=O) groups excluding carboxylic acids is 4. The first kappa shape index (κ1) is 20.6. The average molecular weight is 422 g/mol. The standard InChI is InChI=1S/C23H22N2O6/c1-13(2)31-15-6-3-5-14(11-15)12-30-18-8-4-7-16-20(18)23(29)25(22(16)28)17-9-10-19(26)24-21(17)27/h3-8,11,13,17H,9-10,12H2,1-2H3,(H,24,26,27). The predicted octanol–water partition coefficient (Wildman–Crippen LogP) is 2.45. The van der Waals surface area contributed by atoms with Crippen LogP contribution in [-0.4, -0.2) is 40.7 Å². The summed E-state index contributed by atoms with van der Waals surface area (Å²) >= 11 is 0. The molecule has 2 aromatic rings. The second-order valence-corrected chi connectivity index (χ2v) is 7.73. The van der Waals surface area contributed by atoms with Crippen LogP contribution in [-0.2, 0) is 16.2 Å². The van der Waals surface area contributed by atoms with E-state index in [9.17, 15) is 19.2 Å². The smallest absolute Gasteiger partial charge is 0.266 e. The molecular formula is C23H22N2O6. The molecule has 1 saturated heterocycles. The molecule has 1 unspecified atom stereocenters. The molecule has 1 atom stereocenters. The van der Waals surface area contributed by atoms with Gasteiger partial charge in [0.15, 0.2) is 0 Å². The van der Waals surface area contributed by atoms with Gasteiger partial charge in [-0.1, -0.05) is 18.2 Å². The fourth-order valence-corrected chi connectivity index (χ4v) is 3.75. The van der Waals surface area contributed by atoms with Crippen molar-refractivity contribution in [2.75, 3.05) is 0 Å². The molecule has 2 heterocycles. The van der Waals surface area contributed by atoms with E-state index in [1.165, 1.54) is 6.07 Å². The highest BCUT2D eigenvalue weighted by Crippen LogP contribution is 2.34. The van der Waals surface area contributed by atoms with Crippen molar-refractivity contribution in [3.63, 3.8) is 0 Å². The van der Waals surface area contributed by atoms with Crippen LogP contribution in [0, 0.1) is 0 Å². The summed E-state index contributed by atoms with van der Waals surface area (Å²) in [5, 5.41) is 2.19. The average Bonchev–Trinajstić information content (AvgIpc) is 2.97. The van der Waals surface area contributed by atoms with Gasteiger partial charge in [-0.15, -0.1) is 0 Å². The van der Waals surface area contributed by atoms with E-state index >= 15 is 0 Å². The molecule has 0 radical (unpaired) electrons. The van der Waals surface area contributed by atoms with E-state index in [4.69, 9.17) is 9.47 Å². The van der Waals surface area contributed by atoms with Crippen molar-refractivity contribution >= 4 is 23.6 Å². The van der Waals surface area contributed by atoms with Crippen LogP contribution in [0.15, 0.2) is 42.5 Å². The number of nitrogens with one attached hydrogen (secondary N) is 1. The van der Waals surface area contributed by atoms with Crippen molar-refractivity contribution in [1.29, 1.82) is 0 Å². The van der Waals surface area contributed by atoms with Gasteiger partial charge in [0.2, 0.25) is 11.8 Å². The normalized spacial score (nSPS) is 18.3. The third kappa shape index (κ3) is 4.01. The third-order valence-corrected chi connectivity index (χ3v) is 5.09. The highest BCUT2D eigenvalue weighted by atomic mass is 16.5. The zero-order valence-corrected chi connectivity index (χ0v) is 17.2. The second kappa shape index (κ2) is 8.22. The Kier molecular flexibility index (Phi) is 5.46. The predicted molar refractivity (Wildman–Crippen MR) is 110 cm³/mol. The lowest BCUT2D eigenvalue weighted by Gasteiger charge is -2.27. The Balaban J connectivity index is 1.55. The first-order valence-corrected chi connectivity index (χ1v) is 10.1. The van der Waals surface area contributed by atoms with Crippen LogP contribution in [0.5, 0.6) is 11.5 Å². The Morgan fingerprint density at radius 2 is 1.84 bits per heavy atom. The molecule has 0 aromatic heterocycles. The molecule has 0 spiro atoms. The molecule has 4 rings (SSSR count). The van der Waals surface area contributed by atoms with Crippen molar-refractivity contribution in [1.82, 2.24) is 10.2 Å². The van der Waals surface area contributed by atoms with Crippen molar-refractivity contribution in [2.24, 2.45) is 0 Å². The van der Waals surface area contributed by atoms with E-state index in [2.05, 4.69) is 5.32 Å². The molecule has 2 aliphatic heterocycles. The molecule has 160 valence electrons. The van der Waals surface area contributed by atoms with Crippen LogP contribution in [0.3, 0.4) is 0 Å². The first-order valence-electron chi connectivity index (χ1n) is 10.1. The van der Waals surface area contributed by atoms with Crippen molar-refractivity contribution < 1.29 is 28.7 Å². The Morgan fingerprint density at radius 1 is 1.06 bits per heavy atom. The summed E-state index contributed by atoms with van der Waals surface area (Å²) in [5.74, 6) is -1.24. The minimum atomic E-state index is -1.01. The fraction of sp³-hybridized carbons (Fsp3) is 0.304. The number of ether oxygens (including phenoxy) is 2. The van der Waals surface area contributed by atoms with E-state index in [0.29, 0.717) is 5.75 Å². The fourth-order valence-electron chi connectivity index (χ4n) is 3.75. The topological polar surface area (TPSA) is 102 Å². The largest absolute Gasteiger partial charge is 0.491 e. The molecule has 0 aliphatic carbocycles. The molecule has 2 aromatic carbocycles. The van der Waals surface area contributed by atoms with Crippen LogP contribution in [0.2, 0.25) is 0 Å². The van der Waals surface area contributed by atoms with Gasteiger partial charge in [0.25, 0.3) is 11.8 Å². The summed E-state index contributed by atoms with van der Waals surface area (Å²) in [6, 6.07) is 11.2. The van der Waals surface area contributed by atoms with Gasteiger partial charge in [-0.3, -0.25) is 29.4 Å². The Hall–Kier alpha value is -3.68. The summed E-state index contributed by atoms with van der Waals surface area (Å²) in [7, 11) is 0. The monoisotopic (exact) mass is 422 g/mol. The molecular weight excluding hydrogens is 400 g/mol. The van der Waals surface area contributed by atoms with E-state index in [1.807, 2.05) is 38.1 Å². The van der Waals surface area contributed by atoms with Gasteiger partial charge >= 0.3 is 0 Å². The Bertz CT molecular complexity index is 1080. The van der Waals surface area contributed by atoms with Crippen LogP contribution < -0.4 is 14.8 Å². The quantitative estimate of drug-likeness (QED) is 0.718. The van der Waals surface area contributed by atoms with Gasteiger partial charge in [-0.2, -0.15) is 0 Å². The lowest BCUT2D eigenvalue weighted by atomic mass is 10.0. The molecule has 31 heavy (non-hydrogen) atoms. The molecule has 1 fully saturated rings. The number of nitrogens with zero attached hydrogens (tertiary/aromatic N) is 1. The van der Waals surface area contributed by atoms with Crippen LogP contribution in [0.4, 0.5) is 0 Å². The second-order valence-electron chi connectivity index (χ2n) is 7.73. The zero-order valence-electron chi connectivity index (χ0n) is 17.2. The van der Waals surface area contributed by atoms with E-state index in [0.717, 1.165) is 10.5 Å². The molecule has 1 N–H and O–H groups in total. The molecule has 4 amide bonds. The Labute approximate surface area is 179 Å². The lowest BCUT2D eigenvalue weighted by Crippen LogP contribution is -2.54. The number of imide groups is 2.